The average Bonchev–Trinajstić information content (AvgIpc) is 3.27. The molecule has 0 spiro atoms. The Morgan fingerprint density at radius 2 is 2.00 bits per heavy atom. The number of pyridine rings is 1. The van der Waals surface area contributed by atoms with E-state index in [9.17, 15) is 10.2 Å². The molecule has 5 heteroatoms. The van der Waals surface area contributed by atoms with Gasteiger partial charge < -0.3 is 19.5 Å². The lowest BCUT2D eigenvalue weighted by atomic mass is 9.78. The summed E-state index contributed by atoms with van der Waals surface area (Å²) in [6.07, 6.45) is 6.02. The summed E-state index contributed by atoms with van der Waals surface area (Å²) in [5.41, 5.74) is 4.56. The topological polar surface area (TPSA) is 67.5 Å². The van der Waals surface area contributed by atoms with Crippen molar-refractivity contribution in [1.82, 2.24) is 9.55 Å². The molecule has 5 nitrogen and oxygen atoms in total. The molecule has 2 N–H and O–H groups in total. The minimum atomic E-state index is -1.37. The summed E-state index contributed by atoms with van der Waals surface area (Å²) in [6, 6.07) is 10.4. The summed E-state index contributed by atoms with van der Waals surface area (Å²) in [5.74, 6) is -0.0378. The first-order chi connectivity index (χ1) is 14.4. The van der Waals surface area contributed by atoms with Gasteiger partial charge in [0, 0.05) is 23.7 Å². The predicted octanol–water partition coefficient (Wildman–Crippen LogP) is 4.04. The number of benzene rings is 1. The molecule has 5 atom stereocenters. The van der Waals surface area contributed by atoms with Crippen LogP contribution in [0.4, 0.5) is 0 Å². The Morgan fingerprint density at radius 3 is 2.83 bits per heavy atom. The number of nitrogens with zero attached hydrogens (tertiary/aromatic N) is 2. The molecule has 0 unspecified atom stereocenters. The number of aliphatic hydroxyl groups is 2. The maximum Gasteiger partial charge on any atom is 0.164 e. The largest absolute Gasteiger partial charge is 0.385 e. The van der Waals surface area contributed by atoms with Gasteiger partial charge in [-0.25, -0.2) is 4.98 Å². The number of ether oxygens (including phenoxy) is 1. The van der Waals surface area contributed by atoms with Crippen LogP contribution in [0, 0.1) is 6.92 Å². The number of rotatable bonds is 3. The molecule has 0 radical (unpaired) electrons. The molecule has 3 aromatic rings. The van der Waals surface area contributed by atoms with Crippen molar-refractivity contribution in [1.29, 1.82) is 0 Å². The number of hydrogen-bond acceptors (Lipinski definition) is 4. The van der Waals surface area contributed by atoms with Gasteiger partial charge in [0.1, 0.15) is 17.4 Å². The van der Waals surface area contributed by atoms with E-state index in [0.29, 0.717) is 0 Å². The van der Waals surface area contributed by atoms with Crippen LogP contribution in [0.5, 0.6) is 0 Å². The minimum absolute atomic E-state index is 0.0378. The monoisotopic (exact) mass is 406 g/mol. The van der Waals surface area contributed by atoms with Crippen LogP contribution in [0.1, 0.15) is 61.1 Å². The molecular weight excluding hydrogens is 376 g/mol. The zero-order valence-corrected chi connectivity index (χ0v) is 17.9. The highest BCUT2D eigenvalue weighted by Crippen LogP contribution is 2.45. The third kappa shape index (κ3) is 2.91. The molecule has 1 aromatic carbocycles. The maximum absolute atomic E-state index is 11.3. The Labute approximate surface area is 177 Å². The van der Waals surface area contributed by atoms with Crippen molar-refractivity contribution >= 4 is 11.0 Å². The maximum atomic E-state index is 11.3. The second-order valence-corrected chi connectivity index (χ2v) is 9.19. The molecule has 0 saturated carbocycles. The molecular formula is C25H30N2O3. The van der Waals surface area contributed by atoms with Gasteiger partial charge in [0.25, 0.3) is 0 Å². The van der Waals surface area contributed by atoms with Gasteiger partial charge in [0.2, 0.25) is 0 Å². The fourth-order valence-electron chi connectivity index (χ4n) is 5.46. The third-order valence-corrected chi connectivity index (χ3v) is 7.22. The Morgan fingerprint density at radius 1 is 1.20 bits per heavy atom. The Balaban J connectivity index is 1.52. The van der Waals surface area contributed by atoms with E-state index in [4.69, 9.17) is 4.74 Å². The molecule has 1 saturated heterocycles. The number of fused-ring (bicyclic) bond motifs is 2. The summed E-state index contributed by atoms with van der Waals surface area (Å²) < 4.78 is 8.27. The van der Waals surface area contributed by atoms with Gasteiger partial charge >= 0.3 is 0 Å². The molecule has 3 heterocycles. The molecule has 158 valence electrons. The van der Waals surface area contributed by atoms with E-state index in [1.54, 1.807) is 13.1 Å². The van der Waals surface area contributed by atoms with Crippen molar-refractivity contribution in [3.63, 3.8) is 0 Å². The van der Waals surface area contributed by atoms with Crippen LogP contribution in [-0.2, 0) is 17.6 Å². The predicted molar refractivity (Wildman–Crippen MR) is 117 cm³/mol. The van der Waals surface area contributed by atoms with Crippen molar-refractivity contribution in [2.45, 2.75) is 76.4 Å². The lowest BCUT2D eigenvalue weighted by Gasteiger charge is -2.32. The van der Waals surface area contributed by atoms with Crippen molar-refractivity contribution < 1.29 is 14.9 Å². The van der Waals surface area contributed by atoms with Gasteiger partial charge in [-0.3, -0.25) is 0 Å². The van der Waals surface area contributed by atoms with E-state index >= 15 is 0 Å². The summed E-state index contributed by atoms with van der Waals surface area (Å²) in [5, 5.41) is 23.5. The number of aromatic nitrogens is 2. The normalized spacial score (nSPS) is 29.8. The number of aryl methyl sites for hydroxylation is 2. The van der Waals surface area contributed by atoms with Crippen molar-refractivity contribution in [2.75, 3.05) is 0 Å². The van der Waals surface area contributed by atoms with Gasteiger partial charge in [-0.2, -0.15) is 0 Å². The zero-order valence-electron chi connectivity index (χ0n) is 17.9. The van der Waals surface area contributed by atoms with Crippen molar-refractivity contribution in [3.8, 4) is 0 Å². The van der Waals surface area contributed by atoms with Gasteiger partial charge in [0.15, 0.2) is 6.23 Å². The molecule has 1 fully saturated rings. The summed E-state index contributed by atoms with van der Waals surface area (Å²) in [6.45, 7) is 5.84. The van der Waals surface area contributed by atoms with Gasteiger partial charge in [-0.05, 0) is 73.9 Å². The minimum Gasteiger partial charge on any atom is -0.385 e. The van der Waals surface area contributed by atoms with Gasteiger partial charge in [-0.1, -0.05) is 25.1 Å². The SMILES string of the molecule is Cc1ccnc2c1ccn2[C@@H]1O[C@H]([C@H](C)c2cccc3c2CCCC3)[C@@](C)(O)[C@H]1O. The van der Waals surface area contributed by atoms with E-state index in [-0.39, 0.29) is 5.92 Å². The van der Waals surface area contributed by atoms with E-state index in [2.05, 4.69) is 30.1 Å². The molecule has 2 aliphatic rings. The van der Waals surface area contributed by atoms with E-state index in [0.717, 1.165) is 29.4 Å². The zero-order chi connectivity index (χ0) is 21.0. The fraction of sp³-hybridized carbons (Fsp3) is 0.480. The lowest BCUT2D eigenvalue weighted by Crippen LogP contribution is -2.46. The van der Waals surface area contributed by atoms with Gasteiger partial charge in [0.05, 0.1) is 6.10 Å². The van der Waals surface area contributed by atoms with Gasteiger partial charge in [-0.15, -0.1) is 0 Å². The van der Waals surface area contributed by atoms with E-state index < -0.39 is 24.0 Å². The highest BCUT2D eigenvalue weighted by Gasteiger charge is 2.55. The Bertz CT molecular complexity index is 1090. The highest BCUT2D eigenvalue weighted by molar-refractivity contribution is 5.79. The standard InChI is InChI=1S/C25H30N2O3/c1-15-11-13-26-23-18(15)12-14-27(23)24-21(28)25(3,29)22(30-24)16(2)19-10-6-8-17-7-4-5-9-20(17)19/h6,8,10-14,16,21-22,24,28-29H,4-5,7,9H2,1-3H3/t16-,21+,22-,24-,25+/m1/s1. The smallest absolute Gasteiger partial charge is 0.164 e. The first kappa shape index (κ1) is 19.7. The lowest BCUT2D eigenvalue weighted by molar-refractivity contribution is -0.0705. The van der Waals surface area contributed by atoms with Crippen LogP contribution in [0.15, 0.2) is 42.7 Å². The molecule has 0 bridgehead atoms. The Hall–Kier alpha value is -2.21. The van der Waals surface area contributed by atoms with Crippen LogP contribution in [0.25, 0.3) is 11.0 Å². The van der Waals surface area contributed by atoms with E-state index in [1.807, 2.05) is 29.8 Å². The molecule has 1 aliphatic carbocycles. The summed E-state index contributed by atoms with van der Waals surface area (Å²) in [4.78, 5) is 4.50. The van der Waals surface area contributed by atoms with E-state index in [1.165, 1.54) is 29.5 Å². The summed E-state index contributed by atoms with van der Waals surface area (Å²) in [7, 11) is 0. The second kappa shape index (κ2) is 7.19. The van der Waals surface area contributed by atoms with Crippen molar-refractivity contribution in [3.05, 3.63) is 65.0 Å². The highest BCUT2D eigenvalue weighted by atomic mass is 16.6. The van der Waals surface area contributed by atoms with Crippen LogP contribution in [0.3, 0.4) is 0 Å². The molecule has 0 amide bonds. The van der Waals surface area contributed by atoms with Crippen molar-refractivity contribution in [2.24, 2.45) is 0 Å². The molecule has 5 rings (SSSR count). The molecule has 30 heavy (non-hydrogen) atoms. The van der Waals surface area contributed by atoms with Crippen LogP contribution < -0.4 is 0 Å². The first-order valence-electron chi connectivity index (χ1n) is 11.0. The Kier molecular flexibility index (Phi) is 4.73. The quantitative estimate of drug-likeness (QED) is 0.689. The van der Waals surface area contributed by atoms with Crippen LogP contribution in [0.2, 0.25) is 0 Å². The number of hydrogen-bond donors (Lipinski definition) is 2. The van der Waals surface area contributed by atoms with Crippen LogP contribution >= 0.6 is 0 Å². The average molecular weight is 407 g/mol. The van der Waals surface area contributed by atoms with Crippen LogP contribution in [-0.4, -0.2) is 37.6 Å². The molecule has 1 aliphatic heterocycles. The fourth-order valence-corrected chi connectivity index (χ4v) is 5.46. The molecule has 2 aromatic heterocycles. The summed E-state index contributed by atoms with van der Waals surface area (Å²) >= 11 is 0. The second-order valence-electron chi connectivity index (χ2n) is 9.19. The third-order valence-electron chi connectivity index (χ3n) is 7.22. The number of aliphatic hydroxyl groups excluding tert-OH is 1. The first-order valence-corrected chi connectivity index (χ1v) is 11.0.